The number of carbonyl (C=O) groups excluding carboxylic acids is 2. The standard InChI is InChI=1S/C21H18ClN5O4/c22-15-5-3-13(4-6-15)17-8-18(25-20(24-17)14-2-1-7-23-9-14)21(30)26-27-16(10-28)11-31-12-19(27)29/h1-9,16,28H,10-12H2,(H,26,30). The van der Waals surface area contributed by atoms with Crippen molar-refractivity contribution >= 4 is 23.4 Å². The first-order valence-corrected chi connectivity index (χ1v) is 9.80. The fourth-order valence-corrected chi connectivity index (χ4v) is 3.17. The number of hydrogen-bond donors (Lipinski definition) is 2. The minimum Gasteiger partial charge on any atom is -0.394 e. The number of hydrogen-bond acceptors (Lipinski definition) is 7. The Bertz CT molecular complexity index is 1090. The van der Waals surface area contributed by atoms with Crippen molar-refractivity contribution in [2.45, 2.75) is 6.04 Å². The number of ether oxygens (including phenoxy) is 1. The average molecular weight is 440 g/mol. The summed E-state index contributed by atoms with van der Waals surface area (Å²) in [5.74, 6) is -0.771. The maximum Gasteiger partial charge on any atom is 0.288 e. The van der Waals surface area contributed by atoms with Gasteiger partial charge in [-0.25, -0.2) is 15.0 Å². The average Bonchev–Trinajstić information content (AvgIpc) is 2.81. The van der Waals surface area contributed by atoms with Crippen LogP contribution in [0.5, 0.6) is 0 Å². The van der Waals surface area contributed by atoms with E-state index in [2.05, 4.69) is 20.4 Å². The molecular formula is C21H18ClN5O4. The largest absolute Gasteiger partial charge is 0.394 e. The van der Waals surface area contributed by atoms with E-state index in [0.717, 1.165) is 10.6 Å². The summed E-state index contributed by atoms with van der Waals surface area (Å²) in [7, 11) is 0. The smallest absolute Gasteiger partial charge is 0.288 e. The van der Waals surface area contributed by atoms with E-state index in [4.69, 9.17) is 16.3 Å². The summed E-state index contributed by atoms with van der Waals surface area (Å²) >= 11 is 5.98. The number of aliphatic hydroxyl groups excluding tert-OH is 1. The Balaban J connectivity index is 1.72. The van der Waals surface area contributed by atoms with Crippen molar-refractivity contribution in [1.29, 1.82) is 0 Å². The SMILES string of the molecule is O=C(NN1C(=O)COCC1CO)c1cc(-c2ccc(Cl)cc2)nc(-c2cccnc2)n1. The number of amides is 2. The van der Waals surface area contributed by atoms with Crippen molar-refractivity contribution in [3.63, 3.8) is 0 Å². The van der Waals surface area contributed by atoms with Gasteiger partial charge >= 0.3 is 0 Å². The number of halogens is 1. The first kappa shape index (κ1) is 20.9. The van der Waals surface area contributed by atoms with Crippen molar-refractivity contribution in [3.05, 3.63) is 65.6 Å². The third kappa shape index (κ3) is 4.69. The summed E-state index contributed by atoms with van der Waals surface area (Å²) in [5, 5.41) is 11.2. The molecule has 1 aromatic carbocycles. The molecule has 2 amide bonds. The van der Waals surface area contributed by atoms with Crippen LogP contribution in [0.15, 0.2) is 54.9 Å². The van der Waals surface area contributed by atoms with Gasteiger partial charge < -0.3 is 9.84 Å². The van der Waals surface area contributed by atoms with Crippen molar-refractivity contribution in [2.75, 3.05) is 19.8 Å². The van der Waals surface area contributed by atoms with Gasteiger partial charge in [0.2, 0.25) is 0 Å². The Hall–Kier alpha value is -3.40. The first-order valence-electron chi connectivity index (χ1n) is 9.42. The van der Waals surface area contributed by atoms with E-state index < -0.39 is 17.9 Å². The molecule has 1 fully saturated rings. The molecule has 2 N–H and O–H groups in total. The number of morpholine rings is 1. The summed E-state index contributed by atoms with van der Waals surface area (Å²) < 4.78 is 5.12. The van der Waals surface area contributed by atoms with Crippen LogP contribution < -0.4 is 5.43 Å². The maximum absolute atomic E-state index is 13.0. The van der Waals surface area contributed by atoms with Crippen LogP contribution in [0, 0.1) is 0 Å². The second-order valence-electron chi connectivity index (χ2n) is 6.77. The molecule has 0 spiro atoms. The molecule has 4 rings (SSSR count). The van der Waals surface area contributed by atoms with Crippen LogP contribution in [0.2, 0.25) is 5.02 Å². The van der Waals surface area contributed by atoms with Gasteiger partial charge in [0.05, 0.1) is 24.9 Å². The molecule has 31 heavy (non-hydrogen) atoms. The van der Waals surface area contributed by atoms with Gasteiger partial charge in [-0.1, -0.05) is 23.7 Å². The Morgan fingerprint density at radius 1 is 1.23 bits per heavy atom. The highest BCUT2D eigenvalue weighted by Crippen LogP contribution is 2.24. The lowest BCUT2D eigenvalue weighted by atomic mass is 10.1. The van der Waals surface area contributed by atoms with Gasteiger partial charge in [0.1, 0.15) is 12.3 Å². The van der Waals surface area contributed by atoms with E-state index >= 15 is 0 Å². The lowest BCUT2D eigenvalue weighted by molar-refractivity contribution is -0.154. The van der Waals surface area contributed by atoms with E-state index in [9.17, 15) is 14.7 Å². The van der Waals surface area contributed by atoms with Crippen molar-refractivity contribution in [1.82, 2.24) is 25.4 Å². The Morgan fingerprint density at radius 3 is 2.74 bits per heavy atom. The summed E-state index contributed by atoms with van der Waals surface area (Å²) in [5.41, 5.74) is 4.45. The molecule has 9 nitrogen and oxygen atoms in total. The lowest BCUT2D eigenvalue weighted by Gasteiger charge is -2.33. The summed E-state index contributed by atoms with van der Waals surface area (Å²) in [6.45, 7) is -0.423. The normalized spacial score (nSPS) is 16.3. The van der Waals surface area contributed by atoms with Crippen LogP contribution in [-0.4, -0.2) is 62.7 Å². The maximum atomic E-state index is 13.0. The number of carbonyl (C=O) groups is 2. The van der Waals surface area contributed by atoms with Gasteiger partial charge in [0.15, 0.2) is 5.82 Å². The molecule has 10 heteroatoms. The minimum absolute atomic E-state index is 0.0507. The summed E-state index contributed by atoms with van der Waals surface area (Å²) in [4.78, 5) is 38.2. The minimum atomic E-state index is -0.680. The van der Waals surface area contributed by atoms with E-state index in [1.54, 1.807) is 48.8 Å². The van der Waals surface area contributed by atoms with Gasteiger partial charge in [0, 0.05) is 28.5 Å². The molecule has 1 saturated heterocycles. The molecule has 0 radical (unpaired) electrons. The second kappa shape index (κ2) is 9.17. The van der Waals surface area contributed by atoms with Crippen LogP contribution in [-0.2, 0) is 9.53 Å². The van der Waals surface area contributed by atoms with E-state index in [1.807, 2.05) is 0 Å². The summed E-state index contributed by atoms with van der Waals surface area (Å²) in [6, 6.07) is 11.4. The lowest BCUT2D eigenvalue weighted by Crippen LogP contribution is -2.59. The Labute approximate surface area is 182 Å². The van der Waals surface area contributed by atoms with Gasteiger partial charge in [-0.05, 0) is 30.3 Å². The highest BCUT2D eigenvalue weighted by atomic mass is 35.5. The molecule has 1 atom stereocenters. The second-order valence-corrected chi connectivity index (χ2v) is 7.20. The van der Waals surface area contributed by atoms with Gasteiger partial charge in [-0.15, -0.1) is 0 Å². The monoisotopic (exact) mass is 439 g/mol. The number of nitrogens with one attached hydrogen (secondary N) is 1. The molecule has 0 saturated carbocycles. The quantitative estimate of drug-likeness (QED) is 0.621. The topological polar surface area (TPSA) is 118 Å². The summed E-state index contributed by atoms with van der Waals surface area (Å²) in [6.07, 6.45) is 3.22. The molecule has 2 aromatic heterocycles. The van der Waals surface area contributed by atoms with E-state index in [0.29, 0.717) is 22.1 Å². The number of benzene rings is 1. The number of aromatic nitrogens is 3. The molecule has 1 unspecified atom stereocenters. The first-order chi connectivity index (χ1) is 15.0. The van der Waals surface area contributed by atoms with E-state index in [1.165, 1.54) is 6.07 Å². The van der Waals surface area contributed by atoms with Crippen LogP contribution in [0.25, 0.3) is 22.6 Å². The molecule has 3 aromatic rings. The van der Waals surface area contributed by atoms with Crippen molar-refractivity contribution in [2.24, 2.45) is 0 Å². The zero-order chi connectivity index (χ0) is 21.8. The van der Waals surface area contributed by atoms with Crippen LogP contribution >= 0.6 is 11.6 Å². The fraction of sp³-hybridized carbons (Fsp3) is 0.190. The molecule has 158 valence electrons. The van der Waals surface area contributed by atoms with Gasteiger partial charge in [0.25, 0.3) is 11.8 Å². The zero-order valence-electron chi connectivity index (χ0n) is 16.2. The highest BCUT2D eigenvalue weighted by molar-refractivity contribution is 6.30. The van der Waals surface area contributed by atoms with Gasteiger partial charge in [-0.3, -0.25) is 20.0 Å². The molecular weight excluding hydrogens is 422 g/mol. The number of rotatable bonds is 5. The predicted molar refractivity (Wildman–Crippen MR) is 112 cm³/mol. The number of aliphatic hydroxyl groups is 1. The molecule has 0 aliphatic carbocycles. The van der Waals surface area contributed by atoms with Crippen molar-refractivity contribution < 1.29 is 19.4 Å². The Morgan fingerprint density at radius 2 is 2.03 bits per heavy atom. The highest BCUT2D eigenvalue weighted by Gasteiger charge is 2.30. The van der Waals surface area contributed by atoms with Crippen LogP contribution in [0.4, 0.5) is 0 Å². The molecule has 3 heterocycles. The zero-order valence-corrected chi connectivity index (χ0v) is 17.0. The van der Waals surface area contributed by atoms with Gasteiger partial charge in [-0.2, -0.15) is 0 Å². The third-order valence-corrected chi connectivity index (χ3v) is 4.87. The predicted octanol–water partition coefficient (Wildman–Crippen LogP) is 1.72. The van der Waals surface area contributed by atoms with E-state index in [-0.39, 0.29) is 25.5 Å². The molecule has 0 bridgehead atoms. The van der Waals surface area contributed by atoms with Crippen LogP contribution in [0.1, 0.15) is 10.5 Å². The third-order valence-electron chi connectivity index (χ3n) is 4.62. The molecule has 1 aliphatic heterocycles. The Kier molecular flexibility index (Phi) is 6.17. The number of pyridine rings is 1. The number of hydrazine groups is 1. The molecule has 1 aliphatic rings. The number of nitrogens with zero attached hydrogens (tertiary/aromatic N) is 4. The van der Waals surface area contributed by atoms with Crippen LogP contribution in [0.3, 0.4) is 0 Å². The fourth-order valence-electron chi connectivity index (χ4n) is 3.04. The van der Waals surface area contributed by atoms with Crippen molar-refractivity contribution in [3.8, 4) is 22.6 Å².